The van der Waals surface area contributed by atoms with Gasteiger partial charge in [-0.3, -0.25) is 0 Å². The standard InChI is InChI=1S/C19H22N2O4/c20-16-10-4-8-14(18(22)23)12(16)6-2-1-3-7-13-15(19(24)25)9-5-11-17(13)21/h4-5,8-11H,1-3,6-7,20-21H2,(H,22,23)(H,24,25). The van der Waals surface area contributed by atoms with Crippen molar-refractivity contribution in [3.8, 4) is 0 Å². The first-order valence-electron chi connectivity index (χ1n) is 8.13. The zero-order valence-electron chi connectivity index (χ0n) is 13.9. The normalized spacial score (nSPS) is 10.6. The lowest BCUT2D eigenvalue weighted by molar-refractivity contribution is 0.0685. The summed E-state index contributed by atoms with van der Waals surface area (Å²) in [5, 5.41) is 18.5. The first-order valence-corrected chi connectivity index (χ1v) is 8.13. The molecule has 6 N–H and O–H groups in total. The van der Waals surface area contributed by atoms with Crippen LogP contribution in [0.4, 0.5) is 11.4 Å². The average molecular weight is 342 g/mol. The molecule has 0 aliphatic rings. The molecule has 0 bridgehead atoms. The number of carbonyl (C=O) groups is 2. The van der Waals surface area contributed by atoms with Gasteiger partial charge in [-0.05, 0) is 61.1 Å². The van der Waals surface area contributed by atoms with Gasteiger partial charge in [0.15, 0.2) is 0 Å². The molecule has 0 aliphatic heterocycles. The van der Waals surface area contributed by atoms with E-state index >= 15 is 0 Å². The molecule has 0 unspecified atom stereocenters. The highest BCUT2D eigenvalue weighted by molar-refractivity contribution is 5.91. The van der Waals surface area contributed by atoms with Crippen molar-refractivity contribution in [3.63, 3.8) is 0 Å². The van der Waals surface area contributed by atoms with E-state index in [1.54, 1.807) is 36.4 Å². The van der Waals surface area contributed by atoms with E-state index in [1.807, 2.05) is 0 Å². The lowest BCUT2D eigenvalue weighted by Crippen LogP contribution is -2.07. The van der Waals surface area contributed by atoms with Crippen LogP contribution in [0.25, 0.3) is 0 Å². The number of aromatic carboxylic acids is 2. The average Bonchev–Trinajstić information content (AvgIpc) is 2.56. The Labute approximate surface area is 146 Å². The largest absolute Gasteiger partial charge is 0.478 e. The molecule has 0 spiro atoms. The molecule has 2 rings (SSSR count). The van der Waals surface area contributed by atoms with Crippen LogP contribution in [0.2, 0.25) is 0 Å². The van der Waals surface area contributed by atoms with Crippen LogP contribution in [0, 0.1) is 0 Å². The van der Waals surface area contributed by atoms with Gasteiger partial charge in [0.1, 0.15) is 0 Å². The molecule has 0 amide bonds. The monoisotopic (exact) mass is 342 g/mol. The van der Waals surface area contributed by atoms with Gasteiger partial charge in [-0.1, -0.05) is 18.6 Å². The molecule has 0 radical (unpaired) electrons. The third-order valence-corrected chi connectivity index (χ3v) is 4.24. The smallest absolute Gasteiger partial charge is 0.336 e. The Kier molecular flexibility index (Phi) is 6.00. The van der Waals surface area contributed by atoms with Gasteiger partial charge in [-0.25, -0.2) is 9.59 Å². The van der Waals surface area contributed by atoms with Crippen molar-refractivity contribution in [1.29, 1.82) is 0 Å². The number of carboxylic acids is 2. The number of rotatable bonds is 8. The Hall–Kier alpha value is -3.02. The summed E-state index contributed by atoms with van der Waals surface area (Å²) in [6, 6.07) is 9.77. The van der Waals surface area contributed by atoms with E-state index in [-0.39, 0.29) is 11.1 Å². The molecule has 0 fully saturated rings. The van der Waals surface area contributed by atoms with E-state index < -0.39 is 11.9 Å². The van der Waals surface area contributed by atoms with Crippen molar-refractivity contribution in [2.75, 3.05) is 11.5 Å². The second kappa shape index (κ2) is 8.19. The number of benzene rings is 2. The van der Waals surface area contributed by atoms with E-state index in [1.165, 1.54) is 0 Å². The number of hydrogen-bond acceptors (Lipinski definition) is 4. The molecule has 132 valence electrons. The van der Waals surface area contributed by atoms with Crippen LogP contribution < -0.4 is 11.5 Å². The molecule has 6 nitrogen and oxygen atoms in total. The lowest BCUT2D eigenvalue weighted by Gasteiger charge is -2.11. The Morgan fingerprint density at radius 1 is 0.720 bits per heavy atom. The number of unbranched alkanes of at least 4 members (excludes halogenated alkanes) is 2. The van der Waals surface area contributed by atoms with E-state index in [0.717, 1.165) is 19.3 Å². The Bertz CT molecular complexity index is 721. The highest BCUT2D eigenvalue weighted by Crippen LogP contribution is 2.22. The highest BCUT2D eigenvalue weighted by Gasteiger charge is 2.13. The summed E-state index contributed by atoms with van der Waals surface area (Å²) in [4.78, 5) is 22.5. The second-order valence-electron chi connectivity index (χ2n) is 5.92. The Balaban J connectivity index is 1.94. The fourth-order valence-electron chi connectivity index (χ4n) is 2.95. The first kappa shape index (κ1) is 18.3. The fourth-order valence-corrected chi connectivity index (χ4v) is 2.95. The molecule has 2 aromatic rings. The summed E-state index contributed by atoms with van der Waals surface area (Å²) in [5.41, 5.74) is 14.5. The lowest BCUT2D eigenvalue weighted by atomic mass is 9.96. The van der Waals surface area contributed by atoms with Gasteiger partial charge < -0.3 is 21.7 Å². The van der Waals surface area contributed by atoms with Crippen LogP contribution in [0.3, 0.4) is 0 Å². The third-order valence-electron chi connectivity index (χ3n) is 4.24. The van der Waals surface area contributed by atoms with Gasteiger partial charge in [0.2, 0.25) is 0 Å². The van der Waals surface area contributed by atoms with E-state index in [9.17, 15) is 19.8 Å². The minimum atomic E-state index is -0.981. The van der Waals surface area contributed by atoms with Crippen LogP contribution in [0.5, 0.6) is 0 Å². The van der Waals surface area contributed by atoms with Crippen molar-refractivity contribution in [2.45, 2.75) is 32.1 Å². The predicted molar refractivity (Wildman–Crippen MR) is 96.9 cm³/mol. The van der Waals surface area contributed by atoms with Crippen LogP contribution in [0.1, 0.15) is 51.1 Å². The maximum atomic E-state index is 11.3. The fraction of sp³-hybridized carbons (Fsp3) is 0.263. The van der Waals surface area contributed by atoms with Crippen molar-refractivity contribution in [1.82, 2.24) is 0 Å². The topological polar surface area (TPSA) is 127 Å². The number of nitrogens with two attached hydrogens (primary N) is 2. The maximum Gasteiger partial charge on any atom is 0.336 e. The number of hydrogen-bond donors (Lipinski definition) is 4. The van der Waals surface area contributed by atoms with Crippen LogP contribution in [-0.4, -0.2) is 22.2 Å². The minimum Gasteiger partial charge on any atom is -0.478 e. The summed E-state index contributed by atoms with van der Waals surface area (Å²) >= 11 is 0. The molecule has 0 aromatic heterocycles. The number of nitrogen functional groups attached to an aromatic ring is 2. The summed E-state index contributed by atoms with van der Waals surface area (Å²) < 4.78 is 0. The van der Waals surface area contributed by atoms with Gasteiger partial charge in [0, 0.05) is 11.4 Å². The summed E-state index contributed by atoms with van der Waals surface area (Å²) in [7, 11) is 0. The van der Waals surface area contributed by atoms with Gasteiger partial charge >= 0.3 is 11.9 Å². The zero-order valence-corrected chi connectivity index (χ0v) is 13.9. The minimum absolute atomic E-state index is 0.237. The molecular formula is C19H22N2O4. The van der Waals surface area contributed by atoms with Crippen LogP contribution in [0.15, 0.2) is 36.4 Å². The van der Waals surface area contributed by atoms with E-state index in [2.05, 4.69) is 0 Å². The molecule has 0 saturated heterocycles. The first-order chi connectivity index (χ1) is 11.9. The molecule has 2 aromatic carbocycles. The van der Waals surface area contributed by atoms with Crippen LogP contribution in [-0.2, 0) is 12.8 Å². The summed E-state index contributed by atoms with van der Waals surface area (Å²) in [6.07, 6.45) is 3.50. The predicted octanol–water partition coefficient (Wildman–Crippen LogP) is 3.20. The molecule has 6 heteroatoms. The van der Waals surface area contributed by atoms with Crippen molar-refractivity contribution in [2.24, 2.45) is 0 Å². The van der Waals surface area contributed by atoms with Gasteiger partial charge in [-0.2, -0.15) is 0 Å². The van der Waals surface area contributed by atoms with E-state index in [0.29, 0.717) is 35.3 Å². The Morgan fingerprint density at radius 3 is 1.48 bits per heavy atom. The SMILES string of the molecule is Nc1cccc(C(=O)O)c1CCCCCc1c(N)cccc1C(=O)O. The van der Waals surface area contributed by atoms with Crippen LogP contribution >= 0.6 is 0 Å². The zero-order chi connectivity index (χ0) is 18.4. The van der Waals surface area contributed by atoms with Gasteiger partial charge in [0.25, 0.3) is 0 Å². The molecular weight excluding hydrogens is 320 g/mol. The number of anilines is 2. The quantitative estimate of drug-likeness (QED) is 0.431. The molecule has 25 heavy (non-hydrogen) atoms. The van der Waals surface area contributed by atoms with Gasteiger partial charge in [-0.15, -0.1) is 0 Å². The Morgan fingerprint density at radius 2 is 1.12 bits per heavy atom. The van der Waals surface area contributed by atoms with Crippen molar-refractivity contribution < 1.29 is 19.8 Å². The summed E-state index contributed by atoms with van der Waals surface area (Å²) in [6.45, 7) is 0. The molecule has 0 aliphatic carbocycles. The summed E-state index contributed by atoms with van der Waals surface area (Å²) in [5.74, 6) is -1.96. The van der Waals surface area contributed by atoms with Crippen molar-refractivity contribution >= 4 is 23.3 Å². The van der Waals surface area contributed by atoms with E-state index in [4.69, 9.17) is 11.5 Å². The second-order valence-corrected chi connectivity index (χ2v) is 5.92. The molecule has 0 atom stereocenters. The number of carboxylic acid groups (broad SMARTS) is 2. The molecule has 0 heterocycles. The van der Waals surface area contributed by atoms with Gasteiger partial charge in [0.05, 0.1) is 11.1 Å². The third kappa shape index (κ3) is 4.50. The molecule has 0 saturated carbocycles. The highest BCUT2D eigenvalue weighted by atomic mass is 16.4. The maximum absolute atomic E-state index is 11.3. The van der Waals surface area contributed by atoms with Crippen molar-refractivity contribution in [3.05, 3.63) is 58.7 Å².